The molecule has 8 nitrogen and oxygen atoms in total. The first-order valence-electron chi connectivity index (χ1n) is 6.24. The van der Waals surface area contributed by atoms with Gasteiger partial charge in [-0.1, -0.05) is 12.1 Å². The van der Waals surface area contributed by atoms with Crippen LogP contribution in [0.15, 0.2) is 30.5 Å². The molecule has 1 heterocycles. The number of nitrogens with one attached hydrogen (secondary N) is 1. The van der Waals surface area contributed by atoms with E-state index in [4.69, 9.17) is 4.74 Å². The molecule has 0 radical (unpaired) electrons. The number of nitro benzene ring substituents is 1. The number of nitrogens with zero attached hydrogens (tertiary/aromatic N) is 3. The number of ether oxygens (including phenoxy) is 1. The molecule has 0 fully saturated rings. The highest BCUT2D eigenvalue weighted by Crippen LogP contribution is 2.28. The van der Waals surface area contributed by atoms with Crippen molar-refractivity contribution < 1.29 is 14.5 Å². The fourth-order valence-electron chi connectivity index (χ4n) is 1.81. The second-order valence-electron chi connectivity index (χ2n) is 4.15. The summed E-state index contributed by atoms with van der Waals surface area (Å²) in [5.74, 6) is -0.200. The molecule has 0 bridgehead atoms. The molecule has 0 unspecified atom stereocenters. The van der Waals surface area contributed by atoms with E-state index in [1.807, 2.05) is 0 Å². The smallest absolute Gasteiger partial charge is 0.343 e. The number of para-hydroxylation sites is 2. The van der Waals surface area contributed by atoms with Gasteiger partial charge in [-0.2, -0.15) is 5.10 Å². The summed E-state index contributed by atoms with van der Waals surface area (Å²) in [6, 6.07) is 6.16. The van der Waals surface area contributed by atoms with Crippen molar-refractivity contribution in [3.05, 3.63) is 46.1 Å². The Kier molecular flexibility index (Phi) is 4.17. The monoisotopic (exact) mass is 290 g/mol. The average molecular weight is 290 g/mol. The topological polar surface area (TPSA) is 99.3 Å². The summed E-state index contributed by atoms with van der Waals surface area (Å²) in [5, 5.41) is 17.9. The fraction of sp³-hybridized carbons (Fsp3) is 0.231. The average Bonchev–Trinajstić information content (AvgIpc) is 2.81. The van der Waals surface area contributed by atoms with Crippen LogP contribution in [0.25, 0.3) is 0 Å². The zero-order valence-electron chi connectivity index (χ0n) is 11.6. The number of anilines is 2. The molecule has 0 amide bonds. The van der Waals surface area contributed by atoms with E-state index < -0.39 is 10.9 Å². The summed E-state index contributed by atoms with van der Waals surface area (Å²) in [6.45, 7) is 1.93. The van der Waals surface area contributed by atoms with Gasteiger partial charge in [0.1, 0.15) is 17.1 Å². The van der Waals surface area contributed by atoms with Gasteiger partial charge in [0.2, 0.25) is 0 Å². The lowest BCUT2D eigenvalue weighted by Gasteiger charge is -2.09. The normalized spacial score (nSPS) is 10.2. The predicted molar refractivity (Wildman–Crippen MR) is 75.5 cm³/mol. The summed E-state index contributed by atoms with van der Waals surface area (Å²) in [7, 11) is 1.62. The maximum Gasteiger partial charge on any atom is 0.343 e. The Morgan fingerprint density at radius 2 is 2.19 bits per heavy atom. The molecule has 21 heavy (non-hydrogen) atoms. The molecule has 0 saturated carbocycles. The van der Waals surface area contributed by atoms with E-state index in [-0.39, 0.29) is 23.5 Å². The van der Waals surface area contributed by atoms with Gasteiger partial charge in [-0.15, -0.1) is 0 Å². The van der Waals surface area contributed by atoms with Crippen molar-refractivity contribution in [3.63, 3.8) is 0 Å². The molecule has 110 valence electrons. The van der Waals surface area contributed by atoms with Crippen LogP contribution in [0, 0.1) is 10.1 Å². The third kappa shape index (κ3) is 2.99. The highest BCUT2D eigenvalue weighted by atomic mass is 16.6. The Hall–Kier alpha value is -2.90. The number of hydrogen-bond acceptors (Lipinski definition) is 6. The lowest BCUT2D eigenvalue weighted by Crippen LogP contribution is -2.09. The number of hydrogen-bond donors (Lipinski definition) is 1. The summed E-state index contributed by atoms with van der Waals surface area (Å²) in [5.41, 5.74) is 0.405. The maximum atomic E-state index is 11.8. The largest absolute Gasteiger partial charge is 0.462 e. The van der Waals surface area contributed by atoms with Gasteiger partial charge in [0, 0.05) is 13.1 Å². The van der Waals surface area contributed by atoms with Crippen LogP contribution >= 0.6 is 0 Å². The number of rotatable bonds is 5. The van der Waals surface area contributed by atoms with Crippen LogP contribution in [0.3, 0.4) is 0 Å². The molecule has 0 aliphatic heterocycles. The number of benzene rings is 1. The Labute approximate surface area is 120 Å². The minimum atomic E-state index is -0.535. The highest BCUT2D eigenvalue weighted by molar-refractivity contribution is 5.95. The van der Waals surface area contributed by atoms with E-state index in [2.05, 4.69) is 10.4 Å². The van der Waals surface area contributed by atoms with Crippen molar-refractivity contribution >= 4 is 23.2 Å². The van der Waals surface area contributed by atoms with Gasteiger partial charge >= 0.3 is 5.97 Å². The Morgan fingerprint density at radius 1 is 1.48 bits per heavy atom. The molecule has 8 heteroatoms. The van der Waals surface area contributed by atoms with Gasteiger partial charge in [-0.3, -0.25) is 14.8 Å². The molecule has 0 aliphatic carbocycles. The van der Waals surface area contributed by atoms with Crippen LogP contribution in [-0.4, -0.2) is 27.3 Å². The molecule has 1 aromatic carbocycles. The maximum absolute atomic E-state index is 11.8. The molecule has 2 aromatic rings. The molecular weight excluding hydrogens is 276 g/mol. The van der Waals surface area contributed by atoms with Crippen molar-refractivity contribution in [3.8, 4) is 0 Å². The zero-order valence-corrected chi connectivity index (χ0v) is 11.6. The van der Waals surface area contributed by atoms with Crippen molar-refractivity contribution in [1.82, 2.24) is 9.78 Å². The molecule has 1 N–H and O–H groups in total. The van der Waals surface area contributed by atoms with Gasteiger partial charge in [0.25, 0.3) is 5.69 Å². The minimum Gasteiger partial charge on any atom is -0.462 e. The quantitative estimate of drug-likeness (QED) is 0.515. The number of esters is 1. The third-order valence-electron chi connectivity index (χ3n) is 2.79. The standard InChI is InChI=1S/C13H14N4O4/c1-3-21-13(18)9-8-14-16(2)12(9)15-10-6-4-5-7-11(10)17(19)20/h4-8,15H,3H2,1-2H3. The lowest BCUT2D eigenvalue weighted by molar-refractivity contribution is -0.383. The minimum absolute atomic E-state index is 0.0893. The molecular formula is C13H14N4O4. The van der Waals surface area contributed by atoms with Gasteiger partial charge < -0.3 is 10.1 Å². The van der Waals surface area contributed by atoms with E-state index in [0.29, 0.717) is 5.82 Å². The fourth-order valence-corrected chi connectivity index (χ4v) is 1.81. The highest BCUT2D eigenvalue weighted by Gasteiger charge is 2.20. The van der Waals surface area contributed by atoms with Gasteiger partial charge in [0.05, 0.1) is 17.7 Å². The molecule has 2 rings (SSSR count). The van der Waals surface area contributed by atoms with Crippen molar-refractivity contribution in [2.45, 2.75) is 6.92 Å². The summed E-state index contributed by atoms with van der Waals surface area (Å²) >= 11 is 0. The summed E-state index contributed by atoms with van der Waals surface area (Å²) < 4.78 is 6.35. The first-order chi connectivity index (χ1) is 10.0. The van der Waals surface area contributed by atoms with Crippen LogP contribution in [0.4, 0.5) is 17.2 Å². The zero-order chi connectivity index (χ0) is 15.4. The molecule has 1 aromatic heterocycles. The van der Waals surface area contributed by atoms with E-state index in [0.717, 1.165) is 0 Å². The van der Waals surface area contributed by atoms with Crippen LogP contribution in [0.2, 0.25) is 0 Å². The van der Waals surface area contributed by atoms with Gasteiger partial charge in [-0.25, -0.2) is 4.79 Å². The predicted octanol–water partition coefficient (Wildman–Crippen LogP) is 2.25. The van der Waals surface area contributed by atoms with Crippen molar-refractivity contribution in [2.75, 3.05) is 11.9 Å². The van der Waals surface area contributed by atoms with Crippen LogP contribution in [0.1, 0.15) is 17.3 Å². The Bertz CT molecular complexity index is 681. The van der Waals surface area contributed by atoms with Crippen LogP contribution < -0.4 is 5.32 Å². The Morgan fingerprint density at radius 3 is 2.86 bits per heavy atom. The van der Waals surface area contributed by atoms with Crippen molar-refractivity contribution in [1.29, 1.82) is 0 Å². The number of aromatic nitrogens is 2. The van der Waals surface area contributed by atoms with Crippen LogP contribution in [-0.2, 0) is 11.8 Å². The second-order valence-corrected chi connectivity index (χ2v) is 4.15. The van der Waals surface area contributed by atoms with E-state index in [1.54, 1.807) is 32.2 Å². The second kappa shape index (κ2) is 6.04. The van der Waals surface area contributed by atoms with Crippen molar-refractivity contribution in [2.24, 2.45) is 7.05 Å². The summed E-state index contributed by atoms with van der Waals surface area (Å²) in [6.07, 6.45) is 1.36. The third-order valence-corrected chi connectivity index (χ3v) is 2.79. The molecule has 0 spiro atoms. The molecule has 0 atom stereocenters. The number of carbonyl (C=O) groups excluding carboxylic acids is 1. The molecule has 0 aliphatic rings. The SMILES string of the molecule is CCOC(=O)c1cnn(C)c1Nc1ccccc1[N+](=O)[O-]. The number of nitro groups is 1. The Balaban J connectivity index is 2.39. The lowest BCUT2D eigenvalue weighted by atomic mass is 10.2. The van der Waals surface area contributed by atoms with E-state index in [1.165, 1.54) is 16.9 Å². The number of aryl methyl sites for hydroxylation is 1. The van der Waals surface area contributed by atoms with Crippen LogP contribution in [0.5, 0.6) is 0 Å². The first kappa shape index (κ1) is 14.5. The van der Waals surface area contributed by atoms with E-state index in [9.17, 15) is 14.9 Å². The van der Waals surface area contributed by atoms with Gasteiger partial charge in [-0.05, 0) is 13.0 Å². The molecule has 0 saturated heterocycles. The van der Waals surface area contributed by atoms with E-state index >= 15 is 0 Å². The summed E-state index contributed by atoms with van der Waals surface area (Å²) in [4.78, 5) is 22.3. The first-order valence-corrected chi connectivity index (χ1v) is 6.24. The van der Waals surface area contributed by atoms with Gasteiger partial charge in [0.15, 0.2) is 0 Å². The number of carbonyl (C=O) groups is 1.